The Bertz CT molecular complexity index is 556. The molecule has 0 saturated heterocycles. The van der Waals surface area contributed by atoms with Crippen LogP contribution in [-0.2, 0) is 16.6 Å². The highest BCUT2D eigenvalue weighted by Gasteiger charge is 2.53. The van der Waals surface area contributed by atoms with E-state index < -0.39 is 10.0 Å². The van der Waals surface area contributed by atoms with Gasteiger partial charge in [0, 0.05) is 6.54 Å². The topological polar surface area (TPSA) is 71.3 Å². The third-order valence-corrected chi connectivity index (χ3v) is 5.57. The maximum Gasteiger partial charge on any atom is 0.273 e. The molecule has 2 aliphatic carbocycles. The van der Waals surface area contributed by atoms with E-state index in [1.165, 1.54) is 38.8 Å². The second kappa shape index (κ2) is 4.61. The molecule has 0 aromatic carbocycles. The van der Waals surface area contributed by atoms with Crippen molar-refractivity contribution in [1.29, 1.82) is 0 Å². The van der Waals surface area contributed by atoms with Gasteiger partial charge in [-0.05, 0) is 56.2 Å². The largest absolute Gasteiger partial charge is 0.447 e. The molecular weight excluding hydrogens is 264 g/mol. The third-order valence-electron chi connectivity index (χ3n) is 4.28. The van der Waals surface area contributed by atoms with Gasteiger partial charge in [0.05, 0.1) is 6.54 Å². The van der Waals surface area contributed by atoms with Crippen LogP contribution in [0.1, 0.15) is 31.4 Å². The molecule has 2 fully saturated rings. The summed E-state index contributed by atoms with van der Waals surface area (Å²) in [6.45, 7) is 1.61. The van der Waals surface area contributed by atoms with Gasteiger partial charge in [-0.3, -0.25) is 0 Å². The first-order valence-corrected chi connectivity index (χ1v) is 8.27. The average molecular weight is 284 g/mol. The van der Waals surface area contributed by atoms with Crippen LogP contribution in [0.4, 0.5) is 0 Å². The number of furan rings is 1. The van der Waals surface area contributed by atoms with Crippen molar-refractivity contribution in [3.63, 3.8) is 0 Å². The fraction of sp³-hybridized carbons (Fsp3) is 0.692. The monoisotopic (exact) mass is 284 g/mol. The molecule has 1 aromatic rings. The summed E-state index contributed by atoms with van der Waals surface area (Å²) in [5, 5.41) is 3.38. The predicted octanol–water partition coefficient (Wildman–Crippen LogP) is 1.47. The summed E-state index contributed by atoms with van der Waals surface area (Å²) >= 11 is 0. The minimum Gasteiger partial charge on any atom is -0.447 e. The first kappa shape index (κ1) is 13.1. The molecule has 19 heavy (non-hydrogen) atoms. The van der Waals surface area contributed by atoms with E-state index in [0.29, 0.717) is 17.7 Å². The van der Waals surface area contributed by atoms with Crippen LogP contribution in [0.25, 0.3) is 0 Å². The van der Waals surface area contributed by atoms with Gasteiger partial charge in [-0.25, -0.2) is 13.1 Å². The Hall–Kier alpha value is -0.850. The van der Waals surface area contributed by atoms with E-state index in [0.717, 1.165) is 12.5 Å². The molecule has 0 amide bonds. The number of hydrogen-bond donors (Lipinski definition) is 2. The molecule has 5 nitrogen and oxygen atoms in total. The highest BCUT2D eigenvalue weighted by molar-refractivity contribution is 7.89. The maximum atomic E-state index is 11.5. The Labute approximate surface area is 113 Å². The average Bonchev–Trinajstić information content (AvgIpc) is 3.28. The molecule has 6 heteroatoms. The molecule has 106 valence electrons. The van der Waals surface area contributed by atoms with Crippen LogP contribution in [0.5, 0.6) is 0 Å². The Morgan fingerprint density at radius 2 is 2.11 bits per heavy atom. The van der Waals surface area contributed by atoms with Crippen molar-refractivity contribution in [2.45, 2.75) is 37.3 Å². The van der Waals surface area contributed by atoms with Gasteiger partial charge in [0.25, 0.3) is 10.0 Å². The molecule has 2 aliphatic rings. The van der Waals surface area contributed by atoms with Crippen LogP contribution < -0.4 is 10.0 Å². The summed E-state index contributed by atoms with van der Waals surface area (Å²) in [7, 11) is -2.09. The zero-order valence-corrected chi connectivity index (χ0v) is 11.9. The van der Waals surface area contributed by atoms with Crippen molar-refractivity contribution in [1.82, 2.24) is 10.0 Å². The first-order valence-electron chi connectivity index (χ1n) is 6.79. The quantitative estimate of drug-likeness (QED) is 0.795. The van der Waals surface area contributed by atoms with Crippen LogP contribution in [0, 0.1) is 11.3 Å². The van der Waals surface area contributed by atoms with E-state index in [4.69, 9.17) is 4.42 Å². The standard InChI is InChI=1S/C13H20N2O3S/c1-14-19(16,17)12-5-4-11(18-12)8-15-9-13(6-7-13)10-2-3-10/h4-5,10,14-15H,2-3,6-9H2,1H3. The first-order chi connectivity index (χ1) is 9.06. The SMILES string of the molecule is CNS(=O)(=O)c1ccc(CNCC2(C3CC3)CC2)o1. The lowest BCUT2D eigenvalue weighted by molar-refractivity contribution is 0.367. The Balaban J connectivity index is 1.53. The molecule has 0 aliphatic heterocycles. The van der Waals surface area contributed by atoms with Crippen molar-refractivity contribution in [2.24, 2.45) is 11.3 Å². The van der Waals surface area contributed by atoms with Gasteiger partial charge < -0.3 is 9.73 Å². The van der Waals surface area contributed by atoms with Crippen molar-refractivity contribution >= 4 is 10.0 Å². The van der Waals surface area contributed by atoms with E-state index in [9.17, 15) is 8.42 Å². The van der Waals surface area contributed by atoms with E-state index in [1.807, 2.05) is 0 Å². The van der Waals surface area contributed by atoms with Gasteiger partial charge in [-0.15, -0.1) is 0 Å². The lowest BCUT2D eigenvalue weighted by Gasteiger charge is -2.14. The zero-order valence-electron chi connectivity index (χ0n) is 11.1. The van der Waals surface area contributed by atoms with E-state index in [-0.39, 0.29) is 5.09 Å². The summed E-state index contributed by atoms with van der Waals surface area (Å²) < 4.78 is 30.6. The van der Waals surface area contributed by atoms with Crippen molar-refractivity contribution in [2.75, 3.05) is 13.6 Å². The number of nitrogens with one attached hydrogen (secondary N) is 2. The lowest BCUT2D eigenvalue weighted by Crippen LogP contribution is -2.24. The summed E-state index contributed by atoms with van der Waals surface area (Å²) in [5.74, 6) is 1.59. The Morgan fingerprint density at radius 1 is 1.37 bits per heavy atom. The molecule has 1 aromatic heterocycles. The normalized spacial score (nSPS) is 21.5. The molecule has 3 rings (SSSR count). The van der Waals surface area contributed by atoms with Gasteiger partial charge in [-0.2, -0.15) is 0 Å². The molecule has 2 saturated carbocycles. The Kier molecular flexibility index (Phi) is 3.19. The predicted molar refractivity (Wildman–Crippen MR) is 71.1 cm³/mol. The Morgan fingerprint density at radius 3 is 2.68 bits per heavy atom. The molecule has 0 bridgehead atoms. The molecule has 0 atom stereocenters. The minimum atomic E-state index is -3.47. The molecule has 1 heterocycles. The lowest BCUT2D eigenvalue weighted by atomic mass is 10.0. The smallest absolute Gasteiger partial charge is 0.273 e. The molecular formula is C13H20N2O3S. The van der Waals surface area contributed by atoms with Crippen LogP contribution in [-0.4, -0.2) is 22.0 Å². The summed E-state index contributed by atoms with van der Waals surface area (Å²) in [6.07, 6.45) is 5.43. The molecule has 0 radical (unpaired) electrons. The summed E-state index contributed by atoms with van der Waals surface area (Å²) in [5.41, 5.74) is 0.548. The van der Waals surface area contributed by atoms with Crippen LogP contribution in [0.15, 0.2) is 21.6 Å². The highest BCUT2D eigenvalue weighted by atomic mass is 32.2. The number of hydrogen-bond acceptors (Lipinski definition) is 4. The number of sulfonamides is 1. The molecule has 0 unspecified atom stereocenters. The maximum absolute atomic E-state index is 11.5. The van der Waals surface area contributed by atoms with Gasteiger partial charge in [0.15, 0.2) is 0 Å². The summed E-state index contributed by atoms with van der Waals surface area (Å²) in [4.78, 5) is 0. The van der Waals surface area contributed by atoms with E-state index in [2.05, 4.69) is 10.0 Å². The van der Waals surface area contributed by atoms with Crippen LogP contribution >= 0.6 is 0 Å². The van der Waals surface area contributed by atoms with E-state index in [1.54, 1.807) is 6.07 Å². The molecule has 2 N–H and O–H groups in total. The second-order valence-corrected chi connectivity index (χ2v) is 7.49. The van der Waals surface area contributed by atoms with Crippen molar-refractivity contribution < 1.29 is 12.8 Å². The van der Waals surface area contributed by atoms with Gasteiger partial charge in [0.1, 0.15) is 5.76 Å². The van der Waals surface area contributed by atoms with Crippen LogP contribution in [0.3, 0.4) is 0 Å². The second-order valence-electron chi connectivity index (χ2n) is 5.67. The number of rotatable bonds is 7. The third kappa shape index (κ3) is 2.70. The minimum absolute atomic E-state index is 0.0184. The summed E-state index contributed by atoms with van der Waals surface area (Å²) in [6, 6.07) is 3.21. The van der Waals surface area contributed by atoms with Gasteiger partial charge in [-0.1, -0.05) is 0 Å². The van der Waals surface area contributed by atoms with Crippen molar-refractivity contribution in [3.05, 3.63) is 17.9 Å². The fourth-order valence-electron chi connectivity index (χ4n) is 2.72. The van der Waals surface area contributed by atoms with Gasteiger partial charge in [0.2, 0.25) is 5.09 Å². The van der Waals surface area contributed by atoms with E-state index >= 15 is 0 Å². The molecule has 0 spiro atoms. The van der Waals surface area contributed by atoms with Gasteiger partial charge >= 0.3 is 0 Å². The highest BCUT2D eigenvalue weighted by Crippen LogP contribution is 2.60. The fourth-order valence-corrected chi connectivity index (χ4v) is 3.38. The zero-order chi connectivity index (χ0) is 13.5. The van der Waals surface area contributed by atoms with Crippen LogP contribution in [0.2, 0.25) is 0 Å². The van der Waals surface area contributed by atoms with Crippen molar-refractivity contribution in [3.8, 4) is 0 Å².